The minimum absolute atomic E-state index is 0.204. The van der Waals surface area contributed by atoms with Gasteiger partial charge >= 0.3 is 0 Å². The number of hydrogen-bond donors (Lipinski definition) is 1. The summed E-state index contributed by atoms with van der Waals surface area (Å²) in [6, 6.07) is 8.26. The van der Waals surface area contributed by atoms with Crippen molar-refractivity contribution in [3.8, 4) is 0 Å². The molecular formula is C20H21F2N5S2. The van der Waals surface area contributed by atoms with Crippen LogP contribution >= 0.6 is 24.0 Å². The molecule has 1 saturated heterocycles. The summed E-state index contributed by atoms with van der Waals surface area (Å²) in [6.07, 6.45) is 2.85. The summed E-state index contributed by atoms with van der Waals surface area (Å²) in [5.74, 6) is 0.293. The van der Waals surface area contributed by atoms with E-state index in [1.54, 1.807) is 10.7 Å². The third kappa shape index (κ3) is 3.93. The van der Waals surface area contributed by atoms with E-state index >= 15 is 0 Å². The Bertz CT molecular complexity index is 1050. The van der Waals surface area contributed by atoms with Crippen LogP contribution in [0.2, 0.25) is 0 Å². The van der Waals surface area contributed by atoms with Gasteiger partial charge in [-0.3, -0.25) is 0 Å². The molecule has 0 bridgehead atoms. The van der Waals surface area contributed by atoms with Crippen LogP contribution in [0.25, 0.3) is 5.65 Å². The molecular weight excluding hydrogens is 412 g/mol. The number of hydrogen-bond acceptors (Lipinski definition) is 5. The number of nitrogens with zero attached hydrogens (tertiary/aromatic N) is 4. The SMILES string of the molecule is CCNC(=S)c1cnc2ccc(N3C[C@@H](F)C[C@@H]3c3cc(F)cc(SC)c3)nn12. The molecule has 0 saturated carbocycles. The van der Waals surface area contributed by atoms with Gasteiger partial charge in [-0.15, -0.1) is 16.9 Å². The number of aromatic nitrogens is 3. The van der Waals surface area contributed by atoms with Crippen LogP contribution in [0, 0.1) is 5.82 Å². The van der Waals surface area contributed by atoms with Gasteiger partial charge in [-0.25, -0.2) is 18.3 Å². The average Bonchev–Trinajstić information content (AvgIpc) is 3.30. The second kappa shape index (κ2) is 8.23. The topological polar surface area (TPSA) is 45.5 Å². The smallest absolute Gasteiger partial charge is 0.154 e. The second-order valence-electron chi connectivity index (χ2n) is 6.89. The van der Waals surface area contributed by atoms with Gasteiger partial charge in [0, 0.05) is 17.9 Å². The van der Waals surface area contributed by atoms with Gasteiger partial charge in [0.2, 0.25) is 0 Å². The summed E-state index contributed by atoms with van der Waals surface area (Å²) < 4.78 is 30.2. The number of imidazole rings is 1. The van der Waals surface area contributed by atoms with Gasteiger partial charge in [0.15, 0.2) is 5.65 Å². The molecule has 1 aromatic carbocycles. The molecule has 1 aliphatic heterocycles. The Kier molecular flexibility index (Phi) is 5.69. The van der Waals surface area contributed by atoms with E-state index in [2.05, 4.69) is 15.4 Å². The molecule has 0 aliphatic carbocycles. The number of anilines is 1. The second-order valence-corrected chi connectivity index (χ2v) is 8.18. The van der Waals surface area contributed by atoms with Crippen LogP contribution in [-0.2, 0) is 0 Å². The number of rotatable bonds is 5. The molecule has 152 valence electrons. The van der Waals surface area contributed by atoms with Crippen LogP contribution in [0.5, 0.6) is 0 Å². The summed E-state index contributed by atoms with van der Waals surface area (Å²) in [6.45, 7) is 2.86. The van der Waals surface area contributed by atoms with Crippen molar-refractivity contribution in [1.82, 2.24) is 19.9 Å². The van der Waals surface area contributed by atoms with Gasteiger partial charge in [0.1, 0.15) is 28.5 Å². The monoisotopic (exact) mass is 433 g/mol. The lowest BCUT2D eigenvalue weighted by atomic mass is 10.0. The van der Waals surface area contributed by atoms with Crippen molar-refractivity contribution >= 4 is 40.4 Å². The first kappa shape index (κ1) is 20.0. The summed E-state index contributed by atoms with van der Waals surface area (Å²) in [4.78, 5) is 7.61. The Balaban J connectivity index is 1.74. The zero-order chi connectivity index (χ0) is 20.5. The molecule has 0 amide bonds. The predicted molar refractivity (Wildman–Crippen MR) is 116 cm³/mol. The first-order valence-corrected chi connectivity index (χ1v) is 11.0. The fraction of sp³-hybridized carbons (Fsp3) is 0.350. The van der Waals surface area contributed by atoms with E-state index in [9.17, 15) is 8.78 Å². The number of thioether (sulfide) groups is 1. The first-order valence-electron chi connectivity index (χ1n) is 9.38. The first-order chi connectivity index (χ1) is 14.0. The van der Waals surface area contributed by atoms with Gasteiger partial charge < -0.3 is 10.2 Å². The molecule has 0 spiro atoms. The number of fused-ring (bicyclic) bond motifs is 1. The number of nitrogens with one attached hydrogen (secondary N) is 1. The minimum atomic E-state index is -1.01. The van der Waals surface area contributed by atoms with Crippen molar-refractivity contribution < 1.29 is 8.78 Å². The van der Waals surface area contributed by atoms with E-state index in [0.29, 0.717) is 35.1 Å². The molecule has 0 radical (unpaired) electrons. The Morgan fingerprint density at radius 3 is 2.93 bits per heavy atom. The summed E-state index contributed by atoms with van der Waals surface area (Å²) in [5, 5.41) is 7.79. The van der Waals surface area contributed by atoms with E-state index in [-0.39, 0.29) is 18.4 Å². The zero-order valence-electron chi connectivity index (χ0n) is 16.1. The average molecular weight is 434 g/mol. The molecule has 1 aliphatic rings. The van der Waals surface area contributed by atoms with E-state index < -0.39 is 6.17 Å². The maximum atomic E-state index is 14.4. The van der Waals surface area contributed by atoms with Crippen molar-refractivity contribution in [2.24, 2.45) is 0 Å². The molecule has 1 fully saturated rings. The highest BCUT2D eigenvalue weighted by atomic mass is 32.2. The molecule has 3 heterocycles. The van der Waals surface area contributed by atoms with Gasteiger partial charge in [0.25, 0.3) is 0 Å². The number of alkyl halides is 1. The number of thiocarbonyl (C=S) groups is 1. The maximum Gasteiger partial charge on any atom is 0.154 e. The fourth-order valence-electron chi connectivity index (χ4n) is 3.67. The van der Waals surface area contributed by atoms with E-state index in [4.69, 9.17) is 12.2 Å². The van der Waals surface area contributed by atoms with Crippen LogP contribution in [0.1, 0.15) is 30.6 Å². The Morgan fingerprint density at radius 2 is 2.17 bits per heavy atom. The van der Waals surface area contributed by atoms with Gasteiger partial charge in [-0.05, 0) is 49.1 Å². The Morgan fingerprint density at radius 1 is 1.34 bits per heavy atom. The molecule has 0 unspecified atom stereocenters. The van der Waals surface area contributed by atoms with Crippen LogP contribution < -0.4 is 10.2 Å². The van der Waals surface area contributed by atoms with Crippen molar-refractivity contribution in [2.75, 3.05) is 24.2 Å². The summed E-state index contributed by atoms with van der Waals surface area (Å²) >= 11 is 6.87. The van der Waals surface area contributed by atoms with Crippen LogP contribution in [0.3, 0.4) is 0 Å². The normalized spacial score (nSPS) is 19.1. The lowest BCUT2D eigenvalue weighted by molar-refractivity contribution is 0.356. The quantitative estimate of drug-likeness (QED) is 0.482. The van der Waals surface area contributed by atoms with Gasteiger partial charge in [0.05, 0.1) is 18.8 Å². The lowest BCUT2D eigenvalue weighted by Crippen LogP contribution is -2.27. The lowest BCUT2D eigenvalue weighted by Gasteiger charge is -2.26. The minimum Gasteiger partial charge on any atom is -0.375 e. The van der Waals surface area contributed by atoms with Crippen molar-refractivity contribution in [3.63, 3.8) is 0 Å². The molecule has 29 heavy (non-hydrogen) atoms. The van der Waals surface area contributed by atoms with Crippen molar-refractivity contribution in [2.45, 2.75) is 30.5 Å². The maximum absolute atomic E-state index is 14.4. The van der Waals surface area contributed by atoms with Crippen molar-refractivity contribution in [3.05, 3.63) is 53.6 Å². The highest BCUT2D eigenvalue weighted by molar-refractivity contribution is 7.98. The van der Waals surface area contributed by atoms with E-state index in [1.165, 1.54) is 23.9 Å². The van der Waals surface area contributed by atoms with Crippen molar-refractivity contribution in [1.29, 1.82) is 0 Å². The Hall–Kier alpha value is -2.26. The summed E-state index contributed by atoms with van der Waals surface area (Å²) in [5.41, 5.74) is 2.10. The van der Waals surface area contributed by atoms with Crippen LogP contribution in [0.15, 0.2) is 41.4 Å². The zero-order valence-corrected chi connectivity index (χ0v) is 17.7. The molecule has 2 aromatic heterocycles. The molecule has 5 nitrogen and oxygen atoms in total. The molecule has 2 atom stereocenters. The van der Waals surface area contributed by atoms with Crippen LogP contribution in [-0.4, -0.2) is 45.1 Å². The van der Waals surface area contributed by atoms with Crippen LogP contribution in [0.4, 0.5) is 14.6 Å². The third-order valence-corrected chi connectivity index (χ3v) is 6.04. The third-order valence-electron chi connectivity index (χ3n) is 4.98. The fourth-order valence-corrected chi connectivity index (χ4v) is 4.44. The van der Waals surface area contributed by atoms with E-state index in [0.717, 1.165) is 10.5 Å². The Labute approximate surface area is 177 Å². The summed E-state index contributed by atoms with van der Waals surface area (Å²) in [7, 11) is 0. The van der Waals surface area contributed by atoms with Gasteiger partial charge in [-0.1, -0.05) is 12.2 Å². The number of benzene rings is 1. The predicted octanol–water partition coefficient (Wildman–Crippen LogP) is 4.16. The largest absolute Gasteiger partial charge is 0.375 e. The number of halogens is 2. The standard InChI is InChI=1S/C20H21F2N5S2/c1-3-23-20(28)17-10-24-18-4-5-19(25-27(17)18)26-11-14(22)9-16(26)12-6-13(21)8-15(7-12)29-2/h4-8,10,14,16H,3,9,11H2,1-2H3,(H,23,28)/t14-,16+/m0/s1. The molecule has 9 heteroatoms. The highest BCUT2D eigenvalue weighted by Gasteiger charge is 2.35. The molecule has 4 rings (SSSR count). The van der Waals surface area contributed by atoms with E-state index in [1.807, 2.05) is 36.3 Å². The molecule has 1 N–H and O–H groups in total. The highest BCUT2D eigenvalue weighted by Crippen LogP contribution is 2.38. The molecule has 3 aromatic rings. The van der Waals surface area contributed by atoms with Gasteiger partial charge in [-0.2, -0.15) is 0 Å².